The number of anilines is 1. The van der Waals surface area contributed by atoms with Gasteiger partial charge in [0.15, 0.2) is 5.82 Å². The van der Waals surface area contributed by atoms with Crippen LogP contribution in [0.4, 0.5) is 10.6 Å². The maximum atomic E-state index is 12.0. The Morgan fingerprint density at radius 3 is 2.70 bits per heavy atom. The lowest BCUT2D eigenvalue weighted by molar-refractivity contribution is 0.218. The Labute approximate surface area is 139 Å². The first-order valence-corrected chi connectivity index (χ1v) is 8.76. The second-order valence-electron chi connectivity index (χ2n) is 6.26. The summed E-state index contributed by atoms with van der Waals surface area (Å²) in [7, 11) is 1.82. The fourth-order valence-electron chi connectivity index (χ4n) is 2.89. The molecule has 1 fully saturated rings. The summed E-state index contributed by atoms with van der Waals surface area (Å²) in [6.45, 7) is 4.58. The van der Waals surface area contributed by atoms with Gasteiger partial charge in [-0.1, -0.05) is 19.3 Å². The summed E-state index contributed by atoms with van der Waals surface area (Å²) in [6.07, 6.45) is 13.6. The zero-order valence-corrected chi connectivity index (χ0v) is 14.2. The highest BCUT2D eigenvalue weighted by Crippen LogP contribution is 2.10. The van der Waals surface area contributed by atoms with E-state index < -0.39 is 0 Å². The van der Waals surface area contributed by atoms with E-state index in [1.807, 2.05) is 7.05 Å². The van der Waals surface area contributed by atoms with Gasteiger partial charge < -0.3 is 9.80 Å². The van der Waals surface area contributed by atoms with E-state index in [0.29, 0.717) is 5.82 Å². The van der Waals surface area contributed by atoms with E-state index >= 15 is 0 Å². The average molecular weight is 319 g/mol. The van der Waals surface area contributed by atoms with Crippen molar-refractivity contribution in [3.05, 3.63) is 18.6 Å². The van der Waals surface area contributed by atoms with Crippen LogP contribution in [0.2, 0.25) is 0 Å². The first kappa shape index (κ1) is 17.7. The molecule has 0 unspecified atom stereocenters. The highest BCUT2D eigenvalue weighted by molar-refractivity contribution is 5.87. The molecule has 1 aromatic heterocycles. The van der Waals surface area contributed by atoms with Gasteiger partial charge in [-0.15, -0.1) is 0 Å². The van der Waals surface area contributed by atoms with Gasteiger partial charge in [-0.3, -0.25) is 10.3 Å². The van der Waals surface area contributed by atoms with E-state index in [4.69, 9.17) is 0 Å². The molecule has 1 aliphatic rings. The average Bonchev–Trinajstić information content (AvgIpc) is 2.59. The van der Waals surface area contributed by atoms with Gasteiger partial charge in [-0.2, -0.15) is 0 Å². The third-order valence-corrected chi connectivity index (χ3v) is 4.31. The van der Waals surface area contributed by atoms with Gasteiger partial charge in [0.1, 0.15) is 0 Å². The van der Waals surface area contributed by atoms with Gasteiger partial charge in [0.05, 0.1) is 6.20 Å². The zero-order valence-electron chi connectivity index (χ0n) is 14.2. The lowest BCUT2D eigenvalue weighted by Crippen LogP contribution is -2.32. The lowest BCUT2D eigenvalue weighted by Gasteiger charge is -2.26. The minimum Gasteiger partial charge on any atom is -0.328 e. The summed E-state index contributed by atoms with van der Waals surface area (Å²) >= 11 is 0. The fraction of sp³-hybridized carbons (Fsp3) is 0.706. The molecular formula is C17H29N5O. The quantitative estimate of drug-likeness (QED) is 0.748. The van der Waals surface area contributed by atoms with Crippen molar-refractivity contribution in [3.63, 3.8) is 0 Å². The summed E-state index contributed by atoms with van der Waals surface area (Å²) in [4.78, 5) is 24.2. The van der Waals surface area contributed by atoms with Crippen molar-refractivity contribution in [2.24, 2.45) is 0 Å². The molecule has 0 bridgehead atoms. The Morgan fingerprint density at radius 2 is 1.96 bits per heavy atom. The Morgan fingerprint density at radius 1 is 1.17 bits per heavy atom. The Kier molecular flexibility index (Phi) is 7.80. The number of carbonyl (C=O) groups excluding carboxylic acids is 1. The van der Waals surface area contributed by atoms with Crippen LogP contribution < -0.4 is 5.32 Å². The maximum Gasteiger partial charge on any atom is 0.322 e. The summed E-state index contributed by atoms with van der Waals surface area (Å²) in [5.74, 6) is 0.492. The number of nitrogens with one attached hydrogen (secondary N) is 1. The van der Waals surface area contributed by atoms with E-state index in [2.05, 4.69) is 20.2 Å². The number of piperidine rings is 1. The normalized spacial score (nSPS) is 15.3. The minimum absolute atomic E-state index is 0.126. The van der Waals surface area contributed by atoms with Crippen LogP contribution in [-0.4, -0.2) is 59.0 Å². The molecule has 2 rings (SSSR count). The van der Waals surface area contributed by atoms with Crippen molar-refractivity contribution in [3.8, 4) is 0 Å². The molecule has 128 valence electrons. The predicted molar refractivity (Wildman–Crippen MR) is 92.4 cm³/mol. The number of hydrogen-bond donors (Lipinski definition) is 1. The molecule has 0 saturated carbocycles. The highest BCUT2D eigenvalue weighted by atomic mass is 16.2. The monoisotopic (exact) mass is 319 g/mol. The summed E-state index contributed by atoms with van der Waals surface area (Å²) in [5.41, 5.74) is 0. The largest absolute Gasteiger partial charge is 0.328 e. The van der Waals surface area contributed by atoms with E-state index in [9.17, 15) is 4.79 Å². The van der Waals surface area contributed by atoms with Gasteiger partial charge in [0, 0.05) is 26.0 Å². The topological polar surface area (TPSA) is 61.4 Å². The first-order valence-electron chi connectivity index (χ1n) is 8.76. The number of hydrogen-bond acceptors (Lipinski definition) is 4. The molecule has 0 aromatic carbocycles. The van der Waals surface area contributed by atoms with Crippen molar-refractivity contribution in [2.75, 3.05) is 38.5 Å². The molecule has 6 nitrogen and oxygen atoms in total. The SMILES string of the molecule is CN(CCCCCCN1CCCCC1)C(=O)Nc1cnccn1. The molecule has 23 heavy (non-hydrogen) atoms. The van der Waals surface area contributed by atoms with Gasteiger partial charge in [0.25, 0.3) is 0 Å². The number of amides is 2. The molecule has 2 heterocycles. The summed E-state index contributed by atoms with van der Waals surface area (Å²) in [6, 6.07) is -0.126. The van der Waals surface area contributed by atoms with Crippen molar-refractivity contribution >= 4 is 11.8 Å². The van der Waals surface area contributed by atoms with Gasteiger partial charge in [0.2, 0.25) is 0 Å². The molecule has 1 N–H and O–H groups in total. The molecule has 0 atom stereocenters. The van der Waals surface area contributed by atoms with Crippen LogP contribution in [-0.2, 0) is 0 Å². The van der Waals surface area contributed by atoms with Gasteiger partial charge in [-0.25, -0.2) is 9.78 Å². The van der Waals surface area contributed by atoms with Crippen molar-refractivity contribution in [1.82, 2.24) is 19.8 Å². The molecule has 1 aliphatic heterocycles. The molecule has 0 aliphatic carbocycles. The third kappa shape index (κ3) is 6.95. The fourth-order valence-corrected chi connectivity index (χ4v) is 2.89. The smallest absolute Gasteiger partial charge is 0.322 e. The molecule has 0 radical (unpaired) electrons. The van der Waals surface area contributed by atoms with Crippen LogP contribution in [0.1, 0.15) is 44.9 Å². The number of aromatic nitrogens is 2. The minimum atomic E-state index is -0.126. The van der Waals surface area contributed by atoms with Crippen molar-refractivity contribution in [2.45, 2.75) is 44.9 Å². The predicted octanol–water partition coefficient (Wildman–Crippen LogP) is 2.99. The van der Waals surface area contributed by atoms with Gasteiger partial charge in [-0.05, 0) is 45.3 Å². The second kappa shape index (κ2) is 10.2. The lowest BCUT2D eigenvalue weighted by atomic mass is 10.1. The zero-order chi connectivity index (χ0) is 16.3. The van der Waals surface area contributed by atoms with Crippen LogP contribution >= 0.6 is 0 Å². The van der Waals surface area contributed by atoms with E-state index in [1.165, 1.54) is 58.2 Å². The molecule has 1 saturated heterocycles. The van der Waals surface area contributed by atoms with E-state index in [-0.39, 0.29) is 6.03 Å². The standard InChI is InChI=1S/C17H29N5O/c1-21(17(23)20-16-15-18-9-10-19-16)11-5-2-3-6-12-22-13-7-4-8-14-22/h9-10,15H,2-8,11-14H2,1H3,(H,19,20,23). The number of nitrogens with zero attached hydrogens (tertiary/aromatic N) is 4. The van der Waals surface area contributed by atoms with Crippen LogP contribution in [0.25, 0.3) is 0 Å². The van der Waals surface area contributed by atoms with Crippen LogP contribution in [0.5, 0.6) is 0 Å². The number of urea groups is 1. The molecule has 6 heteroatoms. The molecule has 0 spiro atoms. The Hall–Kier alpha value is -1.69. The van der Waals surface area contributed by atoms with Crippen LogP contribution in [0.3, 0.4) is 0 Å². The van der Waals surface area contributed by atoms with Crippen LogP contribution in [0, 0.1) is 0 Å². The summed E-state index contributed by atoms with van der Waals surface area (Å²) < 4.78 is 0. The summed E-state index contributed by atoms with van der Waals surface area (Å²) in [5, 5.41) is 2.74. The first-order chi connectivity index (χ1) is 11.3. The number of unbranched alkanes of at least 4 members (excludes halogenated alkanes) is 3. The van der Waals surface area contributed by atoms with E-state index in [0.717, 1.165) is 13.0 Å². The number of rotatable bonds is 8. The van der Waals surface area contributed by atoms with Crippen molar-refractivity contribution < 1.29 is 4.79 Å². The van der Waals surface area contributed by atoms with Crippen LogP contribution in [0.15, 0.2) is 18.6 Å². The third-order valence-electron chi connectivity index (χ3n) is 4.31. The highest BCUT2D eigenvalue weighted by Gasteiger charge is 2.10. The maximum absolute atomic E-state index is 12.0. The van der Waals surface area contributed by atoms with Gasteiger partial charge >= 0.3 is 6.03 Å². The second-order valence-corrected chi connectivity index (χ2v) is 6.26. The van der Waals surface area contributed by atoms with Crippen molar-refractivity contribution in [1.29, 1.82) is 0 Å². The molecule has 1 aromatic rings. The number of carbonyl (C=O) groups is 1. The van der Waals surface area contributed by atoms with E-state index in [1.54, 1.807) is 23.5 Å². The number of likely N-dealkylation sites (tertiary alicyclic amines) is 1. The Balaban J connectivity index is 1.50. The Bertz CT molecular complexity index is 448. The molecular weight excluding hydrogens is 290 g/mol. The molecule has 2 amide bonds.